The molecule has 0 aliphatic carbocycles. The maximum Gasteiger partial charge on any atom is 0.408 e. The molecule has 2 aromatic rings. The van der Waals surface area contributed by atoms with Crippen LogP contribution >= 0.6 is 0 Å². The lowest BCUT2D eigenvalue weighted by atomic mass is 10.0. The van der Waals surface area contributed by atoms with Crippen molar-refractivity contribution in [3.63, 3.8) is 0 Å². The molecule has 7 nitrogen and oxygen atoms in total. The number of unbranched alkanes of at least 4 members (excludes halogenated alkanes) is 4. The first-order valence-electron chi connectivity index (χ1n) is 13.2. The number of carbonyl (C=O) groups excluding carboxylic acids is 3. The van der Waals surface area contributed by atoms with Gasteiger partial charge in [0.1, 0.15) is 18.2 Å². The normalized spacial score (nSPS) is 11.9. The van der Waals surface area contributed by atoms with Crippen molar-refractivity contribution < 1.29 is 19.1 Å². The van der Waals surface area contributed by atoms with Crippen molar-refractivity contribution in [2.75, 3.05) is 18.4 Å². The maximum absolute atomic E-state index is 13.7. The minimum atomic E-state index is -0.848. The summed E-state index contributed by atoms with van der Waals surface area (Å²) in [4.78, 5) is 41.1. The minimum absolute atomic E-state index is 0.260. The van der Waals surface area contributed by atoms with Crippen LogP contribution in [0.2, 0.25) is 0 Å². The van der Waals surface area contributed by atoms with Crippen molar-refractivity contribution in [3.8, 4) is 0 Å². The fourth-order valence-corrected chi connectivity index (χ4v) is 3.98. The Morgan fingerprint density at radius 1 is 0.919 bits per heavy atom. The van der Waals surface area contributed by atoms with Gasteiger partial charge in [0.25, 0.3) is 5.91 Å². The van der Waals surface area contributed by atoms with Gasteiger partial charge in [0.05, 0.1) is 0 Å². The molecular formula is C30H43N3O4. The zero-order valence-corrected chi connectivity index (χ0v) is 23.2. The van der Waals surface area contributed by atoms with E-state index in [1.807, 2.05) is 62.4 Å². The Balaban J connectivity index is 2.34. The summed E-state index contributed by atoms with van der Waals surface area (Å²) < 4.78 is 5.29. The number of benzene rings is 2. The van der Waals surface area contributed by atoms with E-state index in [4.69, 9.17) is 4.74 Å². The standard InChI is InChI=1S/C30H43N3O4/c1-7-8-9-10-13-20-33(26(34)21-31-29(36)37-30(4,5)6)27(24-18-16-22(2)17-19-24)28(35)32-25-15-12-11-14-23(25)3/h11-12,14-19,27H,7-10,13,20-21H2,1-6H3,(H,31,36)(H,32,35). The molecule has 3 amide bonds. The first-order chi connectivity index (χ1) is 17.5. The number of hydrogen-bond donors (Lipinski definition) is 2. The monoisotopic (exact) mass is 509 g/mol. The number of para-hydroxylation sites is 1. The van der Waals surface area contributed by atoms with Gasteiger partial charge in [-0.1, -0.05) is 80.6 Å². The van der Waals surface area contributed by atoms with Gasteiger partial charge < -0.3 is 20.3 Å². The van der Waals surface area contributed by atoms with Gasteiger partial charge in [-0.25, -0.2) is 4.79 Å². The Kier molecular flexibility index (Phi) is 11.6. The lowest BCUT2D eigenvalue weighted by Crippen LogP contribution is -2.47. The molecule has 0 bridgehead atoms. The molecule has 7 heteroatoms. The Morgan fingerprint density at radius 2 is 1.57 bits per heavy atom. The number of anilines is 1. The van der Waals surface area contributed by atoms with Crippen LogP contribution in [0.4, 0.5) is 10.5 Å². The van der Waals surface area contributed by atoms with Gasteiger partial charge in [0.2, 0.25) is 5.91 Å². The third-order valence-electron chi connectivity index (χ3n) is 5.96. The van der Waals surface area contributed by atoms with E-state index in [1.54, 1.807) is 25.7 Å². The number of aryl methyl sites for hydroxylation is 2. The predicted molar refractivity (Wildman–Crippen MR) is 148 cm³/mol. The third-order valence-corrected chi connectivity index (χ3v) is 5.96. The molecule has 0 fully saturated rings. The van der Waals surface area contributed by atoms with Crippen LogP contribution < -0.4 is 10.6 Å². The van der Waals surface area contributed by atoms with E-state index in [0.29, 0.717) is 12.2 Å². The number of amides is 3. The van der Waals surface area contributed by atoms with E-state index in [1.165, 1.54) is 0 Å². The minimum Gasteiger partial charge on any atom is -0.444 e. The van der Waals surface area contributed by atoms with Gasteiger partial charge in [-0.3, -0.25) is 9.59 Å². The largest absolute Gasteiger partial charge is 0.444 e. The lowest BCUT2D eigenvalue weighted by Gasteiger charge is -2.32. The van der Waals surface area contributed by atoms with Crippen molar-refractivity contribution in [2.24, 2.45) is 0 Å². The van der Waals surface area contributed by atoms with Gasteiger partial charge in [-0.2, -0.15) is 0 Å². The molecule has 0 spiro atoms. The van der Waals surface area contributed by atoms with E-state index >= 15 is 0 Å². The molecule has 1 atom stereocenters. The summed E-state index contributed by atoms with van der Waals surface area (Å²) in [6, 6.07) is 14.4. The van der Waals surface area contributed by atoms with Crippen molar-refractivity contribution in [2.45, 2.75) is 85.3 Å². The van der Waals surface area contributed by atoms with E-state index in [-0.39, 0.29) is 18.4 Å². The number of nitrogens with zero attached hydrogens (tertiary/aromatic N) is 1. The molecule has 37 heavy (non-hydrogen) atoms. The Labute approximate surface area is 222 Å². The molecule has 2 N–H and O–H groups in total. The smallest absolute Gasteiger partial charge is 0.408 e. The number of ether oxygens (including phenoxy) is 1. The molecule has 2 rings (SSSR count). The van der Waals surface area contributed by atoms with Crippen LogP contribution in [0.15, 0.2) is 48.5 Å². The van der Waals surface area contributed by atoms with E-state index in [2.05, 4.69) is 17.6 Å². The second-order valence-corrected chi connectivity index (χ2v) is 10.5. The molecule has 0 saturated heterocycles. The molecular weight excluding hydrogens is 466 g/mol. The predicted octanol–water partition coefficient (Wildman–Crippen LogP) is 6.31. The zero-order valence-electron chi connectivity index (χ0n) is 23.2. The first kappa shape index (κ1) is 29.9. The van der Waals surface area contributed by atoms with Crippen LogP contribution in [0.3, 0.4) is 0 Å². The topological polar surface area (TPSA) is 87.7 Å². The second kappa shape index (κ2) is 14.4. The van der Waals surface area contributed by atoms with E-state index < -0.39 is 17.7 Å². The zero-order chi connectivity index (χ0) is 27.4. The SMILES string of the molecule is CCCCCCCN(C(=O)CNC(=O)OC(C)(C)C)C(C(=O)Nc1ccccc1C)c1ccc(C)cc1. The summed E-state index contributed by atoms with van der Waals surface area (Å²) in [6.07, 6.45) is 4.37. The highest BCUT2D eigenvalue weighted by Crippen LogP contribution is 2.26. The van der Waals surface area contributed by atoms with Crippen molar-refractivity contribution in [1.82, 2.24) is 10.2 Å². The fourth-order valence-electron chi connectivity index (χ4n) is 3.98. The van der Waals surface area contributed by atoms with Crippen LogP contribution in [0, 0.1) is 13.8 Å². The number of carbonyl (C=O) groups is 3. The molecule has 0 aliphatic rings. The van der Waals surface area contributed by atoms with Crippen LogP contribution in [0.25, 0.3) is 0 Å². The molecule has 2 aromatic carbocycles. The van der Waals surface area contributed by atoms with Gasteiger partial charge in [-0.15, -0.1) is 0 Å². The average molecular weight is 510 g/mol. The molecule has 0 radical (unpaired) electrons. The van der Waals surface area contributed by atoms with Crippen molar-refractivity contribution in [3.05, 3.63) is 65.2 Å². The number of rotatable bonds is 12. The quantitative estimate of drug-likeness (QED) is 0.328. The number of nitrogens with one attached hydrogen (secondary N) is 2. The Bertz CT molecular complexity index is 1030. The van der Waals surface area contributed by atoms with Gasteiger partial charge in [0, 0.05) is 12.2 Å². The molecule has 0 aliphatic heterocycles. The van der Waals surface area contributed by atoms with E-state index in [0.717, 1.165) is 48.8 Å². The van der Waals surface area contributed by atoms with Crippen molar-refractivity contribution in [1.29, 1.82) is 0 Å². The number of alkyl carbamates (subject to hydrolysis) is 1. The number of hydrogen-bond acceptors (Lipinski definition) is 4. The van der Waals surface area contributed by atoms with Crippen LogP contribution in [-0.4, -0.2) is 41.5 Å². The average Bonchev–Trinajstić information content (AvgIpc) is 2.83. The molecule has 202 valence electrons. The van der Waals surface area contributed by atoms with Gasteiger partial charge in [-0.05, 0) is 58.2 Å². The van der Waals surface area contributed by atoms with Gasteiger partial charge in [0.15, 0.2) is 0 Å². The first-order valence-corrected chi connectivity index (χ1v) is 13.2. The maximum atomic E-state index is 13.7. The summed E-state index contributed by atoms with van der Waals surface area (Å²) >= 11 is 0. The van der Waals surface area contributed by atoms with Crippen molar-refractivity contribution >= 4 is 23.6 Å². The van der Waals surface area contributed by atoms with Crippen LogP contribution in [0.1, 0.15) is 82.5 Å². The molecule has 0 heterocycles. The Morgan fingerprint density at radius 3 is 2.19 bits per heavy atom. The molecule has 1 unspecified atom stereocenters. The highest BCUT2D eigenvalue weighted by Gasteiger charge is 2.32. The summed E-state index contributed by atoms with van der Waals surface area (Å²) in [7, 11) is 0. The highest BCUT2D eigenvalue weighted by atomic mass is 16.6. The summed E-state index contributed by atoms with van der Waals surface area (Å²) in [5.74, 6) is -0.635. The highest BCUT2D eigenvalue weighted by molar-refractivity contribution is 5.98. The van der Waals surface area contributed by atoms with Crippen LogP contribution in [0.5, 0.6) is 0 Å². The molecule has 0 aromatic heterocycles. The summed E-state index contributed by atoms with van der Waals surface area (Å²) in [5.41, 5.74) is 2.74. The second-order valence-electron chi connectivity index (χ2n) is 10.5. The fraction of sp³-hybridized carbons (Fsp3) is 0.500. The lowest BCUT2D eigenvalue weighted by molar-refractivity contribution is -0.138. The van der Waals surface area contributed by atoms with E-state index in [9.17, 15) is 14.4 Å². The summed E-state index contributed by atoms with van der Waals surface area (Å²) in [5, 5.41) is 5.58. The van der Waals surface area contributed by atoms with Crippen LogP contribution in [-0.2, 0) is 14.3 Å². The summed E-state index contributed by atoms with van der Waals surface area (Å²) in [6.45, 7) is 11.5. The van der Waals surface area contributed by atoms with Gasteiger partial charge >= 0.3 is 6.09 Å². The Hall–Kier alpha value is -3.35. The molecule has 0 saturated carbocycles. The third kappa shape index (κ3) is 10.3.